The first-order valence-electron chi connectivity index (χ1n) is 15.6. The van der Waals surface area contributed by atoms with E-state index in [1.54, 1.807) is 0 Å². The molecule has 0 aliphatic rings. The molecule has 2 nitrogen and oxygen atoms in total. The Morgan fingerprint density at radius 1 is 0.326 bits per heavy atom. The van der Waals surface area contributed by atoms with E-state index in [0.717, 1.165) is 49.8 Å². The molecule has 0 unspecified atom stereocenters. The Hall–Kier alpha value is -6.12. The molecule has 0 N–H and O–H groups in total. The summed E-state index contributed by atoms with van der Waals surface area (Å²) < 4.78 is 0. The maximum atomic E-state index is 5.21. The van der Waals surface area contributed by atoms with Gasteiger partial charge in [0.25, 0.3) is 0 Å². The summed E-state index contributed by atoms with van der Waals surface area (Å²) in [6, 6.07) is 58.6. The number of benzene rings is 7. The molecule has 2 heterocycles. The molecule has 0 bridgehead atoms. The van der Waals surface area contributed by atoms with Gasteiger partial charge in [0.2, 0.25) is 0 Å². The highest BCUT2D eigenvalue weighted by Gasteiger charge is 2.13. The summed E-state index contributed by atoms with van der Waals surface area (Å²) in [6.45, 7) is 0. The molecule has 0 saturated carbocycles. The van der Waals surface area contributed by atoms with Gasteiger partial charge >= 0.3 is 0 Å². The second-order valence-electron chi connectivity index (χ2n) is 11.9. The van der Waals surface area contributed by atoms with Crippen molar-refractivity contribution in [2.24, 2.45) is 0 Å². The van der Waals surface area contributed by atoms with Crippen molar-refractivity contribution in [1.82, 2.24) is 9.97 Å². The van der Waals surface area contributed by atoms with Crippen LogP contribution in [-0.2, 0) is 0 Å². The number of fused-ring (bicyclic) bond motifs is 4. The number of hydrogen-bond acceptors (Lipinski definition) is 2. The standard InChI is InChI=1S/C44H28N2/c1-3-9-33-23-35(19-15-29(33)7-1)36-21-22-43-41(26-36)40(27-44(46-43)38-20-16-30-8-2-4-10-34(30)24-38)32-17-13-31(14-18-32)39-25-37-11-5-6-12-42(37)45-28-39/h1-28H. The van der Waals surface area contributed by atoms with Gasteiger partial charge in [0.05, 0.1) is 16.7 Å². The van der Waals surface area contributed by atoms with E-state index < -0.39 is 0 Å². The van der Waals surface area contributed by atoms with Gasteiger partial charge in [-0.05, 0) is 91.8 Å². The fraction of sp³-hybridized carbons (Fsp3) is 0. The van der Waals surface area contributed by atoms with Gasteiger partial charge in [0, 0.05) is 28.1 Å². The highest BCUT2D eigenvalue weighted by atomic mass is 14.7. The maximum absolute atomic E-state index is 5.21. The van der Waals surface area contributed by atoms with E-state index in [0.29, 0.717) is 0 Å². The maximum Gasteiger partial charge on any atom is 0.0716 e. The normalized spacial score (nSPS) is 11.5. The molecular formula is C44H28N2. The minimum Gasteiger partial charge on any atom is -0.256 e. The lowest BCUT2D eigenvalue weighted by Crippen LogP contribution is -1.92. The Kier molecular flexibility index (Phi) is 6.17. The highest BCUT2D eigenvalue weighted by Crippen LogP contribution is 2.37. The van der Waals surface area contributed by atoms with Crippen molar-refractivity contribution in [2.75, 3.05) is 0 Å². The molecule has 7 aromatic carbocycles. The van der Waals surface area contributed by atoms with Gasteiger partial charge in [-0.2, -0.15) is 0 Å². The van der Waals surface area contributed by atoms with E-state index >= 15 is 0 Å². The van der Waals surface area contributed by atoms with Crippen LogP contribution in [0.25, 0.3) is 88.0 Å². The summed E-state index contributed by atoms with van der Waals surface area (Å²) in [5.74, 6) is 0. The fourth-order valence-corrected chi connectivity index (χ4v) is 6.58. The summed E-state index contributed by atoms with van der Waals surface area (Å²) in [7, 11) is 0. The Balaban J connectivity index is 1.20. The van der Waals surface area contributed by atoms with Crippen LogP contribution in [0.3, 0.4) is 0 Å². The summed E-state index contributed by atoms with van der Waals surface area (Å²) >= 11 is 0. The van der Waals surface area contributed by atoms with Crippen LogP contribution in [0, 0.1) is 0 Å². The zero-order chi connectivity index (χ0) is 30.5. The molecular weight excluding hydrogens is 556 g/mol. The predicted octanol–water partition coefficient (Wildman–Crippen LogP) is 11.8. The van der Waals surface area contributed by atoms with Crippen LogP contribution in [0.15, 0.2) is 170 Å². The average molecular weight is 585 g/mol. The fourth-order valence-electron chi connectivity index (χ4n) is 6.58. The zero-order valence-corrected chi connectivity index (χ0v) is 25.1. The van der Waals surface area contributed by atoms with Crippen molar-refractivity contribution < 1.29 is 0 Å². The number of hydrogen-bond donors (Lipinski definition) is 0. The highest BCUT2D eigenvalue weighted by molar-refractivity contribution is 6.00. The second kappa shape index (κ2) is 10.8. The molecule has 2 heteroatoms. The minimum absolute atomic E-state index is 0.967. The molecule has 0 aliphatic carbocycles. The first-order chi connectivity index (χ1) is 22.7. The third kappa shape index (κ3) is 4.68. The molecule has 214 valence electrons. The Morgan fingerprint density at radius 2 is 0.870 bits per heavy atom. The quantitative estimate of drug-likeness (QED) is 0.206. The SMILES string of the molecule is c1ccc2cc(-c3ccc4nc(-c5ccc6ccccc6c5)cc(-c5ccc(-c6cnc7ccccc7c6)cc5)c4c3)ccc2c1. The van der Waals surface area contributed by atoms with Gasteiger partial charge in [-0.25, -0.2) is 4.98 Å². The van der Waals surface area contributed by atoms with Crippen molar-refractivity contribution in [3.05, 3.63) is 170 Å². The largest absolute Gasteiger partial charge is 0.256 e. The summed E-state index contributed by atoms with van der Waals surface area (Å²) in [4.78, 5) is 9.90. The van der Waals surface area contributed by atoms with Crippen molar-refractivity contribution in [3.8, 4) is 44.6 Å². The monoisotopic (exact) mass is 584 g/mol. The van der Waals surface area contributed by atoms with Crippen LogP contribution in [0.5, 0.6) is 0 Å². The number of para-hydroxylation sites is 1. The van der Waals surface area contributed by atoms with Gasteiger partial charge < -0.3 is 0 Å². The molecule has 0 radical (unpaired) electrons. The van der Waals surface area contributed by atoms with Crippen LogP contribution in [-0.4, -0.2) is 9.97 Å². The Labute approximate surface area is 267 Å². The zero-order valence-electron chi connectivity index (χ0n) is 25.1. The van der Waals surface area contributed by atoms with E-state index in [9.17, 15) is 0 Å². The van der Waals surface area contributed by atoms with Gasteiger partial charge in [0.1, 0.15) is 0 Å². The van der Waals surface area contributed by atoms with Crippen LogP contribution in [0.1, 0.15) is 0 Å². The van der Waals surface area contributed by atoms with E-state index in [4.69, 9.17) is 9.97 Å². The molecule has 9 rings (SSSR count). The van der Waals surface area contributed by atoms with E-state index in [1.807, 2.05) is 12.3 Å². The first kappa shape index (κ1) is 26.3. The molecule has 46 heavy (non-hydrogen) atoms. The third-order valence-corrected chi connectivity index (χ3v) is 9.06. The number of aromatic nitrogens is 2. The molecule has 0 amide bonds. The van der Waals surface area contributed by atoms with Crippen LogP contribution >= 0.6 is 0 Å². The summed E-state index contributed by atoms with van der Waals surface area (Å²) in [5, 5.41) is 7.20. The van der Waals surface area contributed by atoms with E-state index in [1.165, 1.54) is 38.2 Å². The lowest BCUT2D eigenvalue weighted by Gasteiger charge is -2.14. The van der Waals surface area contributed by atoms with Crippen molar-refractivity contribution >= 4 is 43.4 Å². The molecule has 0 fully saturated rings. The van der Waals surface area contributed by atoms with E-state index in [2.05, 4.69) is 158 Å². The average Bonchev–Trinajstić information content (AvgIpc) is 3.13. The van der Waals surface area contributed by atoms with Gasteiger partial charge in [0.15, 0.2) is 0 Å². The smallest absolute Gasteiger partial charge is 0.0716 e. The van der Waals surface area contributed by atoms with E-state index in [-0.39, 0.29) is 0 Å². The molecule has 2 aromatic heterocycles. The van der Waals surface area contributed by atoms with Gasteiger partial charge in [-0.3, -0.25) is 4.98 Å². The second-order valence-corrected chi connectivity index (χ2v) is 11.9. The van der Waals surface area contributed by atoms with Crippen LogP contribution < -0.4 is 0 Å². The first-order valence-corrected chi connectivity index (χ1v) is 15.6. The predicted molar refractivity (Wildman–Crippen MR) is 194 cm³/mol. The molecule has 0 atom stereocenters. The molecule has 9 aromatic rings. The number of pyridine rings is 2. The topological polar surface area (TPSA) is 25.8 Å². The third-order valence-electron chi connectivity index (χ3n) is 9.06. The number of nitrogens with zero attached hydrogens (tertiary/aromatic N) is 2. The minimum atomic E-state index is 0.967. The molecule has 0 aliphatic heterocycles. The lowest BCUT2D eigenvalue weighted by atomic mass is 9.93. The van der Waals surface area contributed by atoms with Gasteiger partial charge in [-0.15, -0.1) is 0 Å². The number of rotatable bonds is 4. The van der Waals surface area contributed by atoms with Gasteiger partial charge in [-0.1, -0.05) is 121 Å². The summed E-state index contributed by atoms with van der Waals surface area (Å²) in [6.07, 6.45) is 1.97. The molecule has 0 saturated heterocycles. The van der Waals surface area contributed by atoms with Crippen molar-refractivity contribution in [1.29, 1.82) is 0 Å². The summed E-state index contributed by atoms with van der Waals surface area (Å²) in [5.41, 5.74) is 11.0. The Bertz CT molecular complexity index is 2580. The van der Waals surface area contributed by atoms with Crippen LogP contribution in [0.4, 0.5) is 0 Å². The lowest BCUT2D eigenvalue weighted by molar-refractivity contribution is 1.40. The van der Waals surface area contributed by atoms with Crippen molar-refractivity contribution in [3.63, 3.8) is 0 Å². The Morgan fingerprint density at radius 3 is 1.63 bits per heavy atom. The van der Waals surface area contributed by atoms with Crippen LogP contribution in [0.2, 0.25) is 0 Å². The van der Waals surface area contributed by atoms with Crippen molar-refractivity contribution in [2.45, 2.75) is 0 Å². The molecule has 0 spiro atoms.